The van der Waals surface area contributed by atoms with Crippen LogP contribution in [0.15, 0.2) is 12.3 Å². The van der Waals surface area contributed by atoms with Gasteiger partial charge in [-0.2, -0.15) is 5.10 Å². The van der Waals surface area contributed by atoms with Crippen LogP contribution >= 0.6 is 12.2 Å². The molecule has 0 aliphatic carbocycles. The van der Waals surface area contributed by atoms with E-state index in [4.69, 9.17) is 22.7 Å². The molecule has 5 heteroatoms. The normalized spacial score (nSPS) is 12.1. The Kier molecular flexibility index (Phi) is 6.57. The highest BCUT2D eigenvalue weighted by Gasteiger charge is 2.11. The molecule has 0 aliphatic rings. The van der Waals surface area contributed by atoms with E-state index in [2.05, 4.69) is 17.1 Å². The molecule has 1 rings (SSSR count). The maximum absolute atomic E-state index is 5.75. The lowest BCUT2D eigenvalue weighted by Crippen LogP contribution is -2.18. The molecule has 0 bridgehead atoms. The SMILES string of the molecule is CCCCCCC(C)Oc1nnccc1C(N)=S. The summed E-state index contributed by atoms with van der Waals surface area (Å²) >= 11 is 4.95. The summed E-state index contributed by atoms with van der Waals surface area (Å²) in [6.07, 6.45) is 7.60. The van der Waals surface area contributed by atoms with Crippen LogP contribution in [0.4, 0.5) is 0 Å². The zero-order valence-corrected chi connectivity index (χ0v) is 11.9. The van der Waals surface area contributed by atoms with Crippen LogP contribution < -0.4 is 10.5 Å². The van der Waals surface area contributed by atoms with Crippen molar-refractivity contribution in [2.45, 2.75) is 52.1 Å². The Hall–Kier alpha value is -1.23. The van der Waals surface area contributed by atoms with Crippen LogP contribution in [0, 0.1) is 0 Å². The van der Waals surface area contributed by atoms with Gasteiger partial charge in [-0.25, -0.2) is 0 Å². The van der Waals surface area contributed by atoms with Crippen LogP contribution in [0.1, 0.15) is 51.5 Å². The summed E-state index contributed by atoms with van der Waals surface area (Å²) in [5, 5.41) is 7.74. The highest BCUT2D eigenvalue weighted by molar-refractivity contribution is 7.80. The zero-order valence-electron chi connectivity index (χ0n) is 11.1. The summed E-state index contributed by atoms with van der Waals surface area (Å²) in [6.45, 7) is 4.23. The van der Waals surface area contributed by atoms with Gasteiger partial charge in [0.25, 0.3) is 0 Å². The lowest BCUT2D eigenvalue weighted by molar-refractivity contribution is 0.195. The van der Waals surface area contributed by atoms with Gasteiger partial charge in [-0.05, 0) is 25.8 Å². The molecular formula is C13H21N3OS. The first-order valence-corrected chi connectivity index (χ1v) is 6.84. The van der Waals surface area contributed by atoms with Crippen molar-refractivity contribution in [3.63, 3.8) is 0 Å². The number of aromatic nitrogens is 2. The van der Waals surface area contributed by atoms with Crippen molar-refractivity contribution in [1.29, 1.82) is 0 Å². The largest absolute Gasteiger partial charge is 0.473 e. The van der Waals surface area contributed by atoms with E-state index in [1.165, 1.54) is 19.3 Å². The van der Waals surface area contributed by atoms with Crippen molar-refractivity contribution in [3.05, 3.63) is 17.8 Å². The molecule has 1 aromatic rings. The Morgan fingerprint density at radius 1 is 1.44 bits per heavy atom. The topological polar surface area (TPSA) is 61.0 Å². The van der Waals surface area contributed by atoms with E-state index in [1.807, 2.05) is 6.92 Å². The van der Waals surface area contributed by atoms with Gasteiger partial charge < -0.3 is 10.5 Å². The van der Waals surface area contributed by atoms with Crippen molar-refractivity contribution in [2.75, 3.05) is 0 Å². The van der Waals surface area contributed by atoms with E-state index in [0.29, 0.717) is 11.4 Å². The summed E-state index contributed by atoms with van der Waals surface area (Å²) in [5.41, 5.74) is 6.27. The Morgan fingerprint density at radius 2 is 2.22 bits per heavy atom. The molecule has 0 aromatic carbocycles. The molecule has 0 amide bonds. The second-order valence-corrected chi connectivity index (χ2v) is 4.83. The van der Waals surface area contributed by atoms with Gasteiger partial charge in [-0.15, -0.1) is 5.10 Å². The van der Waals surface area contributed by atoms with Crippen LogP contribution in [0.2, 0.25) is 0 Å². The van der Waals surface area contributed by atoms with E-state index in [9.17, 15) is 0 Å². The Balaban J connectivity index is 2.48. The summed E-state index contributed by atoms with van der Waals surface area (Å²) in [5.74, 6) is 0.438. The summed E-state index contributed by atoms with van der Waals surface area (Å²) in [7, 11) is 0. The molecule has 1 heterocycles. The third kappa shape index (κ3) is 4.96. The van der Waals surface area contributed by atoms with E-state index < -0.39 is 0 Å². The lowest BCUT2D eigenvalue weighted by Gasteiger charge is -2.15. The van der Waals surface area contributed by atoms with Crippen LogP contribution in [0.5, 0.6) is 5.88 Å². The molecule has 4 nitrogen and oxygen atoms in total. The van der Waals surface area contributed by atoms with Gasteiger partial charge in [0, 0.05) is 0 Å². The van der Waals surface area contributed by atoms with Crippen molar-refractivity contribution in [2.24, 2.45) is 5.73 Å². The second-order valence-electron chi connectivity index (χ2n) is 4.39. The molecule has 0 radical (unpaired) electrons. The van der Waals surface area contributed by atoms with Crippen LogP contribution in [-0.2, 0) is 0 Å². The third-order valence-electron chi connectivity index (χ3n) is 2.73. The minimum absolute atomic E-state index is 0.103. The number of thiocarbonyl (C=S) groups is 1. The molecule has 1 aromatic heterocycles. The second kappa shape index (κ2) is 7.97. The van der Waals surface area contributed by atoms with Crippen LogP contribution in [0.3, 0.4) is 0 Å². The molecule has 0 saturated heterocycles. The van der Waals surface area contributed by atoms with E-state index in [1.54, 1.807) is 12.3 Å². The molecule has 100 valence electrons. The lowest BCUT2D eigenvalue weighted by atomic mass is 10.1. The Bertz CT molecular complexity index is 384. The van der Waals surface area contributed by atoms with Gasteiger partial charge >= 0.3 is 0 Å². The first kappa shape index (κ1) is 14.8. The Labute approximate surface area is 114 Å². The molecule has 18 heavy (non-hydrogen) atoms. The molecule has 0 aliphatic heterocycles. The zero-order chi connectivity index (χ0) is 13.4. The first-order chi connectivity index (χ1) is 8.65. The van der Waals surface area contributed by atoms with Gasteiger partial charge in [0.1, 0.15) is 4.99 Å². The van der Waals surface area contributed by atoms with Gasteiger partial charge in [0.15, 0.2) is 0 Å². The highest BCUT2D eigenvalue weighted by atomic mass is 32.1. The molecule has 2 N–H and O–H groups in total. The summed E-state index contributed by atoms with van der Waals surface area (Å²) in [4.78, 5) is 0.290. The average molecular weight is 267 g/mol. The van der Waals surface area contributed by atoms with Gasteiger partial charge in [0.2, 0.25) is 5.88 Å². The third-order valence-corrected chi connectivity index (χ3v) is 2.95. The number of rotatable bonds is 8. The monoisotopic (exact) mass is 267 g/mol. The maximum Gasteiger partial charge on any atom is 0.244 e. The summed E-state index contributed by atoms with van der Waals surface area (Å²) in [6, 6.07) is 1.73. The molecule has 0 spiro atoms. The van der Waals surface area contributed by atoms with Crippen molar-refractivity contribution in [1.82, 2.24) is 10.2 Å². The molecule has 0 fully saturated rings. The van der Waals surface area contributed by atoms with Gasteiger partial charge in [0.05, 0.1) is 17.9 Å². The average Bonchev–Trinajstić information content (AvgIpc) is 2.35. The van der Waals surface area contributed by atoms with Crippen molar-refractivity contribution < 1.29 is 4.74 Å². The number of unbranched alkanes of at least 4 members (excludes halogenated alkanes) is 3. The minimum Gasteiger partial charge on any atom is -0.473 e. The standard InChI is InChI=1S/C13H21N3OS/c1-3-4-5-6-7-10(2)17-13-11(12(14)18)8-9-15-16-13/h8-10H,3-7H2,1-2H3,(H2,14,18). The van der Waals surface area contributed by atoms with Crippen molar-refractivity contribution >= 4 is 17.2 Å². The first-order valence-electron chi connectivity index (χ1n) is 6.43. The molecular weight excluding hydrogens is 246 g/mol. The minimum atomic E-state index is 0.103. The summed E-state index contributed by atoms with van der Waals surface area (Å²) < 4.78 is 5.75. The molecule has 1 atom stereocenters. The number of nitrogens with two attached hydrogens (primary N) is 1. The van der Waals surface area contributed by atoms with Gasteiger partial charge in [-0.1, -0.05) is 38.4 Å². The van der Waals surface area contributed by atoms with E-state index >= 15 is 0 Å². The van der Waals surface area contributed by atoms with Crippen LogP contribution in [-0.4, -0.2) is 21.3 Å². The number of hydrogen-bond donors (Lipinski definition) is 1. The number of hydrogen-bond acceptors (Lipinski definition) is 4. The quantitative estimate of drug-likeness (QED) is 0.579. The number of nitrogens with zero attached hydrogens (tertiary/aromatic N) is 2. The van der Waals surface area contributed by atoms with Gasteiger partial charge in [-0.3, -0.25) is 0 Å². The molecule has 0 saturated carbocycles. The van der Waals surface area contributed by atoms with E-state index in [-0.39, 0.29) is 11.1 Å². The Morgan fingerprint density at radius 3 is 2.89 bits per heavy atom. The maximum atomic E-state index is 5.75. The number of ether oxygens (including phenoxy) is 1. The van der Waals surface area contributed by atoms with Crippen LogP contribution in [0.25, 0.3) is 0 Å². The smallest absolute Gasteiger partial charge is 0.244 e. The highest BCUT2D eigenvalue weighted by Crippen LogP contribution is 2.17. The predicted octanol–water partition coefficient (Wildman–Crippen LogP) is 2.85. The van der Waals surface area contributed by atoms with Crippen molar-refractivity contribution in [3.8, 4) is 5.88 Å². The fourth-order valence-corrected chi connectivity index (χ4v) is 1.86. The van der Waals surface area contributed by atoms with E-state index in [0.717, 1.165) is 12.8 Å². The molecule has 1 unspecified atom stereocenters. The fourth-order valence-electron chi connectivity index (χ4n) is 1.70. The fraction of sp³-hybridized carbons (Fsp3) is 0.615. The predicted molar refractivity (Wildman–Crippen MR) is 76.8 cm³/mol.